The Hall–Kier alpha value is -6.96. The third-order valence-electron chi connectivity index (χ3n) is 9.92. The molecule has 0 unspecified atom stereocenters. The van der Waals surface area contributed by atoms with E-state index >= 15 is 0 Å². The zero-order valence-corrected chi connectivity index (χ0v) is 25.8. The van der Waals surface area contributed by atoms with Crippen molar-refractivity contribution in [3.8, 4) is 23.0 Å². The average Bonchev–Trinajstić information content (AvgIpc) is 3.60. The summed E-state index contributed by atoms with van der Waals surface area (Å²) < 4.78 is 72.9. The lowest BCUT2D eigenvalue weighted by Gasteiger charge is -2.30. The Morgan fingerprint density at radius 3 is 1.02 bits per heavy atom. The maximum atomic E-state index is 14.0. The van der Waals surface area contributed by atoms with Crippen molar-refractivity contribution in [3.63, 3.8) is 0 Å². The number of benzene rings is 7. The first-order valence-corrected chi connectivity index (χ1v) is 15.7. The maximum Gasteiger partial charge on any atom is 0.586 e. The third kappa shape index (κ3) is 3.52. The molecule has 0 spiro atoms. The van der Waals surface area contributed by atoms with Crippen LogP contribution in [0.2, 0.25) is 0 Å². The van der Waals surface area contributed by atoms with E-state index in [2.05, 4.69) is 18.9 Å². The van der Waals surface area contributed by atoms with E-state index in [0.29, 0.717) is 43.1 Å². The van der Waals surface area contributed by atoms with Crippen LogP contribution in [0.3, 0.4) is 0 Å². The van der Waals surface area contributed by atoms with Crippen LogP contribution in [-0.2, 0) is 0 Å². The van der Waals surface area contributed by atoms with Crippen molar-refractivity contribution < 1.29 is 55.7 Å². The Kier molecular flexibility index (Phi) is 5.01. The van der Waals surface area contributed by atoms with Crippen LogP contribution in [0.5, 0.6) is 23.0 Å². The minimum atomic E-state index is -3.88. The predicted molar refractivity (Wildman–Crippen MR) is 175 cm³/mol. The molecule has 0 aliphatic carbocycles. The van der Waals surface area contributed by atoms with Crippen molar-refractivity contribution in [2.45, 2.75) is 12.6 Å². The molecule has 4 aliphatic heterocycles. The molecule has 7 aromatic rings. The highest BCUT2D eigenvalue weighted by Gasteiger charge is 2.46. The van der Waals surface area contributed by atoms with E-state index in [4.69, 9.17) is 0 Å². The first-order valence-electron chi connectivity index (χ1n) is 15.7. The number of hydrogen-bond donors (Lipinski definition) is 0. The van der Waals surface area contributed by atoms with Gasteiger partial charge in [0.05, 0.1) is 11.4 Å². The number of anilines is 2. The summed E-state index contributed by atoms with van der Waals surface area (Å²) in [5.41, 5.74) is 0.843. The van der Waals surface area contributed by atoms with Crippen molar-refractivity contribution >= 4 is 78.1 Å². The molecule has 0 saturated heterocycles. The quantitative estimate of drug-likeness (QED) is 0.0772. The van der Waals surface area contributed by atoms with Crippen LogP contribution in [0.4, 0.5) is 28.9 Å². The highest BCUT2D eigenvalue weighted by Crippen LogP contribution is 2.49. The summed E-state index contributed by atoms with van der Waals surface area (Å²) in [5, 5.41) is 4.67. The summed E-state index contributed by atoms with van der Waals surface area (Å²) >= 11 is 0. The largest absolute Gasteiger partial charge is 0.586 e. The molecule has 7 aromatic carbocycles. The molecule has 0 radical (unpaired) electrons. The van der Waals surface area contributed by atoms with Gasteiger partial charge in [0.2, 0.25) is 0 Å². The van der Waals surface area contributed by atoms with Crippen LogP contribution < -0.4 is 28.7 Å². The highest BCUT2D eigenvalue weighted by atomic mass is 19.3. The summed E-state index contributed by atoms with van der Waals surface area (Å²) in [6.45, 7) is 0. The van der Waals surface area contributed by atoms with Gasteiger partial charge in [-0.25, -0.2) is 9.80 Å². The number of hydrogen-bond acceptors (Lipinski definition) is 8. The second-order valence-electron chi connectivity index (χ2n) is 12.6. The van der Waals surface area contributed by atoms with E-state index in [1.165, 1.54) is 24.3 Å². The number of fused-ring (bicyclic) bond motifs is 4. The van der Waals surface area contributed by atoms with Gasteiger partial charge in [0.25, 0.3) is 23.6 Å². The third-order valence-corrected chi connectivity index (χ3v) is 9.92. The van der Waals surface area contributed by atoms with Gasteiger partial charge < -0.3 is 18.9 Å². The fraction of sp³-hybridized carbons (Fsp3) is 0.0526. The van der Waals surface area contributed by atoms with Crippen molar-refractivity contribution in [1.29, 1.82) is 0 Å². The molecule has 252 valence electrons. The van der Waals surface area contributed by atoms with E-state index in [1.54, 1.807) is 48.5 Å². The number of halogens is 4. The molecule has 11 rings (SSSR count). The number of ether oxygens (including phenoxy) is 4. The molecule has 4 heterocycles. The monoisotopic (exact) mass is 702 g/mol. The Balaban J connectivity index is 1.07. The second-order valence-corrected chi connectivity index (χ2v) is 12.6. The van der Waals surface area contributed by atoms with Gasteiger partial charge >= 0.3 is 12.6 Å². The van der Waals surface area contributed by atoms with Crippen molar-refractivity contribution in [1.82, 2.24) is 0 Å². The van der Waals surface area contributed by atoms with E-state index in [0.717, 1.165) is 21.9 Å². The first kappa shape index (κ1) is 28.8. The average molecular weight is 703 g/mol. The molecular formula is C38H14F4N2O8. The summed E-state index contributed by atoms with van der Waals surface area (Å²) in [6.07, 6.45) is -7.77. The summed E-state index contributed by atoms with van der Waals surface area (Å²) in [5.74, 6) is -3.82. The minimum Gasteiger partial charge on any atom is -0.395 e. The van der Waals surface area contributed by atoms with Crippen LogP contribution in [0, 0.1) is 0 Å². The smallest absolute Gasteiger partial charge is 0.395 e. The summed E-state index contributed by atoms with van der Waals surface area (Å²) in [4.78, 5) is 57.8. The SMILES string of the molecule is O=C1c2ccc3c4ccc5c6c(ccc(c7ccc(c2c37)C(=O)N1c1ccc2c(c1)OC(F)(F)O2)c64)C(=O)N(c1ccc2c(c1)OC(F)(F)O2)C5=O. The van der Waals surface area contributed by atoms with E-state index in [1.807, 2.05) is 0 Å². The minimum absolute atomic E-state index is 0.0146. The van der Waals surface area contributed by atoms with E-state index < -0.39 is 36.2 Å². The Morgan fingerprint density at radius 1 is 0.385 bits per heavy atom. The van der Waals surface area contributed by atoms with Crippen LogP contribution in [0.15, 0.2) is 84.9 Å². The lowest BCUT2D eigenvalue weighted by atomic mass is 9.82. The molecule has 52 heavy (non-hydrogen) atoms. The van der Waals surface area contributed by atoms with Crippen molar-refractivity contribution in [3.05, 3.63) is 107 Å². The number of nitrogens with zero attached hydrogens (tertiary/aromatic N) is 2. The number of carbonyl (C=O) groups is 4. The molecule has 4 aliphatic rings. The van der Waals surface area contributed by atoms with Crippen LogP contribution in [0.25, 0.3) is 43.1 Å². The Morgan fingerprint density at radius 2 is 0.692 bits per heavy atom. The van der Waals surface area contributed by atoms with Gasteiger partial charge in [0, 0.05) is 45.2 Å². The van der Waals surface area contributed by atoms with E-state index in [-0.39, 0.29) is 56.6 Å². The number of amides is 4. The van der Waals surface area contributed by atoms with Gasteiger partial charge in [0.15, 0.2) is 23.0 Å². The highest BCUT2D eigenvalue weighted by molar-refractivity contribution is 6.45. The van der Waals surface area contributed by atoms with Crippen LogP contribution in [-0.4, -0.2) is 36.2 Å². The van der Waals surface area contributed by atoms with Gasteiger partial charge in [-0.15, -0.1) is 17.6 Å². The second kappa shape index (κ2) is 9.03. The number of carbonyl (C=O) groups excluding carboxylic acids is 4. The van der Waals surface area contributed by atoms with Gasteiger partial charge in [-0.2, -0.15) is 0 Å². The molecule has 0 saturated carbocycles. The number of rotatable bonds is 2. The van der Waals surface area contributed by atoms with Crippen LogP contribution >= 0.6 is 0 Å². The predicted octanol–water partition coefficient (Wildman–Crippen LogP) is 7.98. The molecule has 0 fully saturated rings. The zero-order valence-electron chi connectivity index (χ0n) is 25.8. The fourth-order valence-electron chi connectivity index (χ4n) is 7.89. The van der Waals surface area contributed by atoms with Gasteiger partial charge in [-0.05, 0) is 80.8 Å². The molecular weight excluding hydrogens is 688 g/mol. The normalized spacial score (nSPS) is 17.8. The lowest BCUT2D eigenvalue weighted by Crippen LogP contribution is -2.40. The first-order chi connectivity index (χ1) is 24.9. The zero-order chi connectivity index (χ0) is 35.6. The van der Waals surface area contributed by atoms with Gasteiger partial charge in [0.1, 0.15) is 0 Å². The molecule has 0 aromatic heterocycles. The molecule has 0 atom stereocenters. The Labute approximate surface area is 286 Å². The molecule has 14 heteroatoms. The standard InChI is InChI=1S/C38H14F4N2O8/c39-37(40)49-25-11-1-15(13-27(25)51-37)43-33(45)21-7-3-17-19-5-9-23-32-24(10-6-20(30(19)32)18-4-8-22(34(43)46)31(21)29(17)18)36(48)44(35(23)47)16-2-12-26-28(14-16)52-38(41,42)50-26/h1-14H. The molecule has 0 bridgehead atoms. The Bertz CT molecular complexity index is 2610. The van der Waals surface area contributed by atoms with Crippen LogP contribution in [0.1, 0.15) is 41.4 Å². The van der Waals surface area contributed by atoms with Crippen molar-refractivity contribution in [2.75, 3.05) is 9.80 Å². The maximum absolute atomic E-state index is 14.0. The number of alkyl halides is 4. The lowest BCUT2D eigenvalue weighted by molar-refractivity contribution is -0.287. The fourth-order valence-corrected chi connectivity index (χ4v) is 7.89. The van der Waals surface area contributed by atoms with Crippen molar-refractivity contribution in [2.24, 2.45) is 0 Å². The summed E-state index contributed by atoms with van der Waals surface area (Å²) in [6, 6.07) is 20.5. The molecule has 0 N–H and O–H groups in total. The van der Waals surface area contributed by atoms with Gasteiger partial charge in [-0.3, -0.25) is 19.2 Å². The summed E-state index contributed by atoms with van der Waals surface area (Å²) in [7, 11) is 0. The van der Waals surface area contributed by atoms with E-state index in [9.17, 15) is 36.7 Å². The van der Waals surface area contributed by atoms with Gasteiger partial charge in [-0.1, -0.05) is 24.3 Å². The molecule has 4 amide bonds. The topological polar surface area (TPSA) is 112 Å². The number of imide groups is 2. The molecule has 10 nitrogen and oxygen atoms in total.